The maximum atomic E-state index is 13.4. The summed E-state index contributed by atoms with van der Waals surface area (Å²) in [5.74, 6) is 2.28. The number of aryl methyl sites for hydroxylation is 2. The van der Waals surface area contributed by atoms with Crippen LogP contribution in [0.25, 0.3) is 22.2 Å². The fraction of sp³-hybridized carbons (Fsp3) is 0.433. The maximum absolute atomic E-state index is 13.4. The van der Waals surface area contributed by atoms with Crippen LogP contribution in [0.4, 0.5) is 5.69 Å². The number of carbonyl (C=O) groups is 1. The van der Waals surface area contributed by atoms with Crippen LogP contribution in [-0.2, 0) is 4.79 Å². The van der Waals surface area contributed by atoms with Crippen molar-refractivity contribution in [2.45, 2.75) is 77.0 Å². The van der Waals surface area contributed by atoms with Gasteiger partial charge in [-0.15, -0.1) is 0 Å². The monoisotopic (exact) mass is 548 g/mol. The van der Waals surface area contributed by atoms with Gasteiger partial charge < -0.3 is 23.8 Å². The normalized spacial score (nSPS) is 22.0. The van der Waals surface area contributed by atoms with E-state index in [9.17, 15) is 9.90 Å². The van der Waals surface area contributed by atoms with E-state index in [1.807, 2.05) is 24.8 Å². The van der Waals surface area contributed by atoms with Crippen LogP contribution in [0.2, 0.25) is 5.02 Å². The highest BCUT2D eigenvalue weighted by atomic mass is 35.5. The van der Waals surface area contributed by atoms with Crippen molar-refractivity contribution in [1.29, 1.82) is 0 Å². The van der Waals surface area contributed by atoms with E-state index >= 15 is 0 Å². The molecule has 1 unspecified atom stereocenters. The molecule has 9 heteroatoms. The Balaban J connectivity index is 1.50. The lowest BCUT2D eigenvalue weighted by Crippen LogP contribution is -2.40. The van der Waals surface area contributed by atoms with E-state index in [4.69, 9.17) is 25.8 Å². The molecule has 1 aliphatic heterocycles. The van der Waals surface area contributed by atoms with Gasteiger partial charge in [0.15, 0.2) is 0 Å². The molecule has 1 aliphatic carbocycles. The molecular weight excluding hydrogens is 516 g/mol. The molecule has 3 heterocycles. The Kier molecular flexibility index (Phi) is 6.85. The maximum Gasteiger partial charge on any atom is 0.227 e. The summed E-state index contributed by atoms with van der Waals surface area (Å²) in [6.07, 6.45) is 5.03. The first kappa shape index (κ1) is 25.9. The summed E-state index contributed by atoms with van der Waals surface area (Å²) in [4.78, 5) is 20.5. The number of carbonyl (C=O) groups excluding carboxylic acids is 1. The summed E-state index contributed by atoms with van der Waals surface area (Å²) in [6, 6.07) is 11.8. The number of aliphatic hydroxyl groups is 1. The largest absolute Gasteiger partial charge is 0.495 e. The van der Waals surface area contributed by atoms with Crippen molar-refractivity contribution in [3.05, 3.63) is 58.7 Å². The smallest absolute Gasteiger partial charge is 0.227 e. The number of amides is 1. The third kappa shape index (κ3) is 4.59. The molecule has 39 heavy (non-hydrogen) atoms. The van der Waals surface area contributed by atoms with Gasteiger partial charge in [-0.3, -0.25) is 4.79 Å². The van der Waals surface area contributed by atoms with Crippen LogP contribution in [0.5, 0.6) is 5.75 Å². The third-order valence-corrected chi connectivity index (χ3v) is 8.53. The molecule has 1 amide bonds. The minimum atomic E-state index is -0.264. The summed E-state index contributed by atoms with van der Waals surface area (Å²) in [7, 11) is 1.58. The predicted molar refractivity (Wildman–Crippen MR) is 150 cm³/mol. The zero-order valence-electron chi connectivity index (χ0n) is 22.5. The van der Waals surface area contributed by atoms with E-state index in [-0.39, 0.29) is 24.1 Å². The van der Waals surface area contributed by atoms with Gasteiger partial charge >= 0.3 is 0 Å². The molecular formula is C30H33ClN4O4. The number of aromatic nitrogens is 3. The van der Waals surface area contributed by atoms with E-state index in [2.05, 4.69) is 27.9 Å². The Morgan fingerprint density at radius 2 is 1.87 bits per heavy atom. The van der Waals surface area contributed by atoms with Crippen LogP contribution < -0.4 is 9.64 Å². The number of fused-ring (bicyclic) bond motifs is 1. The van der Waals surface area contributed by atoms with Crippen molar-refractivity contribution in [3.8, 4) is 16.9 Å². The highest BCUT2D eigenvalue weighted by Crippen LogP contribution is 2.42. The highest BCUT2D eigenvalue weighted by molar-refractivity contribution is 6.32. The summed E-state index contributed by atoms with van der Waals surface area (Å²) < 4.78 is 13.1. The van der Waals surface area contributed by atoms with Gasteiger partial charge in [0.25, 0.3) is 0 Å². The molecule has 1 atom stereocenters. The summed E-state index contributed by atoms with van der Waals surface area (Å²) >= 11 is 6.49. The molecule has 4 aromatic rings. The predicted octanol–water partition coefficient (Wildman–Crippen LogP) is 6.70. The second-order valence-electron chi connectivity index (χ2n) is 10.7. The van der Waals surface area contributed by atoms with E-state index in [0.29, 0.717) is 17.2 Å². The Labute approximate surface area is 232 Å². The number of rotatable bonds is 5. The number of nitrogens with zero attached hydrogens (tertiary/aromatic N) is 4. The SMILES string of the molecule is COc1ccc(N2C(=O)CCCC2c2nc3cc(-c4c(C)noc4C)ccc3n2C2CCC(O)CC2)cc1Cl. The first-order chi connectivity index (χ1) is 18.9. The Morgan fingerprint density at radius 3 is 2.56 bits per heavy atom. The van der Waals surface area contributed by atoms with E-state index in [0.717, 1.165) is 83.7 Å². The lowest BCUT2D eigenvalue weighted by molar-refractivity contribution is -0.120. The van der Waals surface area contributed by atoms with E-state index < -0.39 is 0 Å². The third-order valence-electron chi connectivity index (χ3n) is 8.23. The summed E-state index contributed by atoms with van der Waals surface area (Å²) in [6.45, 7) is 3.86. The zero-order valence-corrected chi connectivity index (χ0v) is 23.2. The average molecular weight is 549 g/mol. The molecule has 6 rings (SSSR count). The van der Waals surface area contributed by atoms with Crippen molar-refractivity contribution in [3.63, 3.8) is 0 Å². The molecule has 204 valence electrons. The van der Waals surface area contributed by atoms with Crippen molar-refractivity contribution in [2.75, 3.05) is 12.0 Å². The molecule has 0 bridgehead atoms. The molecule has 1 saturated carbocycles. The second-order valence-corrected chi connectivity index (χ2v) is 11.1. The number of aliphatic hydroxyl groups excluding tert-OH is 1. The number of piperidine rings is 1. The van der Waals surface area contributed by atoms with Gasteiger partial charge in [0.2, 0.25) is 5.91 Å². The van der Waals surface area contributed by atoms with Gasteiger partial charge in [0.05, 0.1) is 41.0 Å². The number of methoxy groups -OCH3 is 1. The number of halogens is 1. The molecule has 0 radical (unpaired) electrons. The lowest BCUT2D eigenvalue weighted by atomic mass is 9.92. The van der Waals surface area contributed by atoms with Crippen molar-refractivity contribution in [2.24, 2.45) is 0 Å². The molecule has 1 saturated heterocycles. The van der Waals surface area contributed by atoms with Gasteiger partial charge in [-0.25, -0.2) is 4.98 Å². The van der Waals surface area contributed by atoms with Gasteiger partial charge in [-0.05, 0) is 88.3 Å². The molecule has 1 N–H and O–H groups in total. The fourth-order valence-electron chi connectivity index (χ4n) is 6.35. The van der Waals surface area contributed by atoms with E-state index in [1.165, 1.54) is 0 Å². The number of hydrogen-bond acceptors (Lipinski definition) is 6. The topological polar surface area (TPSA) is 93.6 Å². The van der Waals surface area contributed by atoms with Gasteiger partial charge in [0, 0.05) is 23.7 Å². The summed E-state index contributed by atoms with van der Waals surface area (Å²) in [5.41, 5.74) is 5.48. The fourth-order valence-corrected chi connectivity index (χ4v) is 6.60. The van der Waals surface area contributed by atoms with Crippen LogP contribution in [0, 0.1) is 13.8 Å². The number of ether oxygens (including phenoxy) is 1. The Bertz CT molecular complexity index is 1520. The van der Waals surface area contributed by atoms with Gasteiger partial charge in [0.1, 0.15) is 17.3 Å². The quantitative estimate of drug-likeness (QED) is 0.298. The van der Waals surface area contributed by atoms with Crippen LogP contribution in [0.15, 0.2) is 40.9 Å². The minimum absolute atomic E-state index is 0.0570. The molecule has 2 aliphatic rings. The van der Waals surface area contributed by atoms with Crippen molar-refractivity contribution < 1.29 is 19.2 Å². The van der Waals surface area contributed by atoms with E-state index in [1.54, 1.807) is 19.2 Å². The number of anilines is 1. The molecule has 2 aromatic carbocycles. The Morgan fingerprint density at radius 1 is 1.08 bits per heavy atom. The van der Waals surface area contributed by atoms with Crippen LogP contribution >= 0.6 is 11.6 Å². The first-order valence-corrected chi connectivity index (χ1v) is 14.0. The lowest BCUT2D eigenvalue weighted by Gasteiger charge is -2.37. The minimum Gasteiger partial charge on any atom is -0.495 e. The number of hydrogen-bond donors (Lipinski definition) is 1. The van der Waals surface area contributed by atoms with Gasteiger partial charge in [-0.1, -0.05) is 22.8 Å². The van der Waals surface area contributed by atoms with Crippen LogP contribution in [0.1, 0.15) is 74.3 Å². The highest BCUT2D eigenvalue weighted by Gasteiger charge is 2.36. The summed E-state index contributed by atoms with van der Waals surface area (Å²) in [5, 5.41) is 14.8. The van der Waals surface area contributed by atoms with Crippen LogP contribution in [0.3, 0.4) is 0 Å². The average Bonchev–Trinajstić information content (AvgIpc) is 3.47. The van der Waals surface area contributed by atoms with Crippen molar-refractivity contribution in [1.82, 2.24) is 14.7 Å². The van der Waals surface area contributed by atoms with Crippen molar-refractivity contribution >= 4 is 34.2 Å². The molecule has 0 spiro atoms. The molecule has 2 aromatic heterocycles. The second kappa shape index (κ2) is 10.3. The number of benzene rings is 2. The first-order valence-electron chi connectivity index (χ1n) is 13.6. The Hall–Kier alpha value is -3.36. The van der Waals surface area contributed by atoms with Crippen LogP contribution in [-0.4, -0.2) is 38.9 Å². The van der Waals surface area contributed by atoms with Gasteiger partial charge in [-0.2, -0.15) is 0 Å². The zero-order chi connectivity index (χ0) is 27.3. The molecule has 2 fully saturated rings. The standard InChI is InChI=1S/C30H33ClN4O4/c1-17-29(18(2)39-33-17)19-7-13-25-24(15-19)32-30(35(25)20-8-11-22(36)12-9-20)26-5-4-6-28(37)34(26)21-10-14-27(38-3)23(31)16-21/h7,10,13-16,20,22,26,36H,4-6,8-9,11-12H2,1-3H3. The molecule has 8 nitrogen and oxygen atoms in total. The number of imidazole rings is 1.